The Balaban J connectivity index is 1.66. The molecule has 1 amide bonds. The molecule has 42 heavy (non-hydrogen) atoms. The van der Waals surface area contributed by atoms with Gasteiger partial charge in [-0.25, -0.2) is 0 Å². The summed E-state index contributed by atoms with van der Waals surface area (Å²) in [6.45, 7) is 6.88. The largest absolute Gasteiger partial charge is 0.508 e. The van der Waals surface area contributed by atoms with Gasteiger partial charge in [-0.1, -0.05) is 24.3 Å². The molecule has 0 saturated heterocycles. The summed E-state index contributed by atoms with van der Waals surface area (Å²) in [6.07, 6.45) is 0.263. The second kappa shape index (κ2) is 10.1. The molecule has 0 spiro atoms. The van der Waals surface area contributed by atoms with E-state index in [9.17, 15) is 34.8 Å². The summed E-state index contributed by atoms with van der Waals surface area (Å²) in [6, 6.07) is 9.99. The van der Waals surface area contributed by atoms with Crippen LogP contribution in [0.3, 0.4) is 0 Å². The molecule has 10 nitrogen and oxygen atoms in total. The average molecular weight is 576 g/mol. The lowest BCUT2D eigenvalue weighted by atomic mass is 9.57. The number of nitrogens with one attached hydrogen (secondary N) is 1. The molecular formula is C32H37N3O7. The molecule has 7 N–H and O–H groups in total. The maximum Gasteiger partial charge on any atom is 0.255 e. The van der Waals surface area contributed by atoms with E-state index in [2.05, 4.69) is 26.1 Å². The number of likely N-dealkylation sites (N-methyl/N-ethyl adjacent to an activating group) is 1. The highest BCUT2D eigenvalue weighted by atomic mass is 16.3. The van der Waals surface area contributed by atoms with Crippen LogP contribution < -0.4 is 11.1 Å². The number of Topliss-reactive ketones (excluding diaryl/α,β-unsaturated/α-hetero) is 2. The van der Waals surface area contributed by atoms with Crippen LogP contribution in [0.4, 0.5) is 0 Å². The van der Waals surface area contributed by atoms with Crippen LogP contribution in [0.15, 0.2) is 53.3 Å². The lowest BCUT2D eigenvalue weighted by Crippen LogP contribution is -2.65. The molecule has 2 aromatic carbocycles. The fourth-order valence-corrected chi connectivity index (χ4v) is 6.73. The SMILES string of the molecule is CN(C)[C@@H]1C(=O)C(C(N)=O)=C(O)[C@@]2(O)C(=O)C3=C(O)c4c(O)ccc(-c5cccc(CNC(C)(C)C)c5)c4CC3CC12. The van der Waals surface area contributed by atoms with E-state index >= 15 is 0 Å². The van der Waals surface area contributed by atoms with Crippen LogP contribution in [-0.2, 0) is 27.3 Å². The number of benzene rings is 2. The van der Waals surface area contributed by atoms with Gasteiger partial charge in [0.1, 0.15) is 22.8 Å². The van der Waals surface area contributed by atoms with Gasteiger partial charge in [-0.15, -0.1) is 0 Å². The number of hydrogen-bond donors (Lipinski definition) is 6. The first-order valence-electron chi connectivity index (χ1n) is 13.9. The van der Waals surface area contributed by atoms with Crippen molar-refractivity contribution < 1.29 is 34.8 Å². The van der Waals surface area contributed by atoms with Crippen LogP contribution in [0.1, 0.15) is 43.9 Å². The number of carbonyl (C=O) groups is 3. The molecule has 1 fully saturated rings. The van der Waals surface area contributed by atoms with Gasteiger partial charge in [0.2, 0.25) is 5.78 Å². The molecule has 2 unspecified atom stereocenters. The van der Waals surface area contributed by atoms with Crippen molar-refractivity contribution in [2.75, 3.05) is 14.1 Å². The van der Waals surface area contributed by atoms with Gasteiger partial charge in [0.25, 0.3) is 5.91 Å². The van der Waals surface area contributed by atoms with Crippen molar-refractivity contribution in [3.8, 4) is 16.9 Å². The van der Waals surface area contributed by atoms with E-state index in [1.165, 1.54) is 11.0 Å². The van der Waals surface area contributed by atoms with Gasteiger partial charge in [-0.05, 0) is 88.0 Å². The molecule has 3 aliphatic carbocycles. The quantitative estimate of drug-likeness (QED) is 0.293. The third kappa shape index (κ3) is 4.50. The summed E-state index contributed by atoms with van der Waals surface area (Å²) in [4.78, 5) is 41.0. The standard InChI is InChI=1S/C32H37N3O7/c1-31(2,3)34-14-15-7-6-8-16(11-15)18-9-10-21(36)23-19(18)12-17-13-20-25(35(4)5)27(38)24(30(33)41)29(40)32(20,42)28(39)22(17)26(23)37/h6-11,17,20,25,34,36-37,40,42H,12-14H2,1-5H3,(H2,33,41)/t17?,20?,25-,32-/m0/s1. The molecule has 10 heteroatoms. The predicted octanol–water partition coefficient (Wildman–Crippen LogP) is 2.52. The van der Waals surface area contributed by atoms with Crippen molar-refractivity contribution in [2.24, 2.45) is 17.6 Å². The Morgan fingerprint density at radius 2 is 1.81 bits per heavy atom. The molecule has 5 rings (SSSR count). The maximum atomic E-state index is 14.0. The van der Waals surface area contributed by atoms with E-state index < -0.39 is 58.0 Å². The second-order valence-electron chi connectivity index (χ2n) is 12.8. The monoisotopic (exact) mass is 575 g/mol. The van der Waals surface area contributed by atoms with Crippen LogP contribution in [0.5, 0.6) is 5.75 Å². The molecule has 0 heterocycles. The summed E-state index contributed by atoms with van der Waals surface area (Å²) in [5.41, 5.74) is 5.01. The fourth-order valence-electron chi connectivity index (χ4n) is 6.73. The van der Waals surface area contributed by atoms with Gasteiger partial charge in [-0.2, -0.15) is 0 Å². The zero-order valence-corrected chi connectivity index (χ0v) is 24.4. The lowest BCUT2D eigenvalue weighted by Gasteiger charge is -2.50. The summed E-state index contributed by atoms with van der Waals surface area (Å²) in [5.74, 6) is -6.67. The third-order valence-electron chi connectivity index (χ3n) is 8.67. The summed E-state index contributed by atoms with van der Waals surface area (Å²) in [7, 11) is 3.15. The van der Waals surface area contributed by atoms with E-state index in [-0.39, 0.29) is 35.3 Å². The minimum atomic E-state index is -2.66. The number of aromatic hydroxyl groups is 1. The Labute approximate surface area is 244 Å². The smallest absolute Gasteiger partial charge is 0.255 e. The number of nitrogens with zero attached hydrogens (tertiary/aromatic N) is 1. The number of fused-ring (bicyclic) bond motifs is 3. The number of amides is 1. The molecular weight excluding hydrogens is 538 g/mol. The first kappa shape index (κ1) is 29.5. The Kier molecular flexibility index (Phi) is 7.08. The molecule has 2 aromatic rings. The number of nitrogens with two attached hydrogens (primary N) is 1. The molecule has 222 valence electrons. The van der Waals surface area contributed by atoms with E-state index in [1.807, 2.05) is 24.3 Å². The number of carbonyl (C=O) groups excluding carboxylic acids is 3. The number of rotatable bonds is 5. The first-order valence-corrected chi connectivity index (χ1v) is 13.9. The number of primary amides is 1. The van der Waals surface area contributed by atoms with E-state index in [0.717, 1.165) is 16.7 Å². The van der Waals surface area contributed by atoms with Crippen molar-refractivity contribution in [3.05, 3.63) is 70.0 Å². The molecule has 0 aromatic heterocycles. The average Bonchev–Trinajstić information content (AvgIpc) is 2.89. The van der Waals surface area contributed by atoms with E-state index in [1.54, 1.807) is 20.2 Å². The van der Waals surface area contributed by atoms with Gasteiger partial charge in [0.05, 0.1) is 11.6 Å². The lowest BCUT2D eigenvalue weighted by molar-refractivity contribution is -0.153. The Bertz CT molecular complexity index is 1580. The van der Waals surface area contributed by atoms with E-state index in [0.29, 0.717) is 12.1 Å². The predicted molar refractivity (Wildman–Crippen MR) is 156 cm³/mol. The molecule has 1 saturated carbocycles. The first-order chi connectivity index (χ1) is 19.6. The van der Waals surface area contributed by atoms with Gasteiger partial charge in [-0.3, -0.25) is 19.3 Å². The Morgan fingerprint density at radius 3 is 2.43 bits per heavy atom. The number of aliphatic hydroxyl groups excluding tert-OH is 2. The van der Waals surface area contributed by atoms with Crippen molar-refractivity contribution in [2.45, 2.75) is 57.3 Å². The van der Waals surface area contributed by atoms with Crippen LogP contribution in [-0.4, -0.2) is 74.1 Å². The van der Waals surface area contributed by atoms with Crippen LogP contribution in [0.25, 0.3) is 16.9 Å². The number of hydrogen-bond acceptors (Lipinski definition) is 9. The number of ketones is 2. The maximum absolute atomic E-state index is 14.0. The number of phenols is 1. The van der Waals surface area contributed by atoms with Gasteiger partial charge >= 0.3 is 0 Å². The van der Waals surface area contributed by atoms with Gasteiger partial charge < -0.3 is 31.5 Å². The normalized spacial score (nSPS) is 25.8. The van der Waals surface area contributed by atoms with Crippen molar-refractivity contribution in [1.82, 2.24) is 10.2 Å². The molecule has 3 aliphatic rings. The molecule has 0 radical (unpaired) electrons. The Morgan fingerprint density at radius 1 is 1.12 bits per heavy atom. The minimum absolute atomic E-state index is 0.0381. The molecule has 0 bridgehead atoms. The zero-order chi connectivity index (χ0) is 30.9. The van der Waals surface area contributed by atoms with Crippen molar-refractivity contribution >= 4 is 23.2 Å². The topological polar surface area (TPSA) is 173 Å². The van der Waals surface area contributed by atoms with Gasteiger partial charge in [0, 0.05) is 23.6 Å². The van der Waals surface area contributed by atoms with Crippen molar-refractivity contribution in [3.63, 3.8) is 0 Å². The summed E-state index contributed by atoms with van der Waals surface area (Å²) in [5, 5.41) is 48.6. The number of phenolic OH excluding ortho intramolecular Hbond substituents is 1. The minimum Gasteiger partial charge on any atom is -0.508 e. The van der Waals surface area contributed by atoms with E-state index in [4.69, 9.17) is 5.73 Å². The highest BCUT2D eigenvalue weighted by molar-refractivity contribution is 6.24. The summed E-state index contributed by atoms with van der Waals surface area (Å²) >= 11 is 0. The summed E-state index contributed by atoms with van der Waals surface area (Å²) < 4.78 is 0. The van der Waals surface area contributed by atoms with Crippen LogP contribution >= 0.6 is 0 Å². The Hall–Kier alpha value is -3.99. The zero-order valence-electron chi connectivity index (χ0n) is 24.4. The molecule has 4 atom stereocenters. The number of aliphatic hydroxyl groups is 3. The molecule has 0 aliphatic heterocycles. The fraction of sp³-hybridized carbons (Fsp3) is 0.406. The third-order valence-corrected chi connectivity index (χ3v) is 8.67. The van der Waals surface area contributed by atoms with Crippen LogP contribution in [0.2, 0.25) is 0 Å². The highest BCUT2D eigenvalue weighted by Gasteiger charge is 2.64. The second-order valence-corrected chi connectivity index (χ2v) is 12.8. The highest BCUT2D eigenvalue weighted by Crippen LogP contribution is 2.53. The van der Waals surface area contributed by atoms with Crippen LogP contribution in [0, 0.1) is 11.8 Å². The van der Waals surface area contributed by atoms with Crippen molar-refractivity contribution in [1.29, 1.82) is 0 Å². The van der Waals surface area contributed by atoms with Gasteiger partial charge in [0.15, 0.2) is 11.4 Å².